The maximum atomic E-state index is 11.3. The van der Waals surface area contributed by atoms with Gasteiger partial charge >= 0.3 is 5.97 Å². The van der Waals surface area contributed by atoms with Crippen LogP contribution in [0, 0.1) is 22.7 Å². The third kappa shape index (κ3) is 3.17. The second kappa shape index (κ2) is 6.75. The van der Waals surface area contributed by atoms with Crippen LogP contribution in [0.25, 0.3) is 0 Å². The first-order valence-corrected chi connectivity index (χ1v) is 9.84. The number of allylic oxidation sites excluding steroid dienone is 2. The lowest BCUT2D eigenvalue weighted by Gasteiger charge is -2.58. The monoisotopic (exact) mass is 356 g/mol. The molecule has 0 spiro atoms. The topological polar surface area (TPSA) is 46.5 Å². The summed E-state index contributed by atoms with van der Waals surface area (Å²) in [7, 11) is 0. The van der Waals surface area contributed by atoms with Gasteiger partial charge in [0.2, 0.25) is 0 Å². The molecule has 1 saturated carbocycles. The van der Waals surface area contributed by atoms with Crippen LogP contribution >= 0.6 is 0 Å². The van der Waals surface area contributed by atoms with Gasteiger partial charge in [-0.1, -0.05) is 32.4 Å². The number of fused-ring (bicyclic) bond motifs is 1. The molecule has 0 heterocycles. The zero-order valence-electron chi connectivity index (χ0n) is 16.8. The van der Waals surface area contributed by atoms with Crippen LogP contribution in [-0.4, -0.2) is 11.1 Å². The van der Waals surface area contributed by atoms with Gasteiger partial charge in [0, 0.05) is 6.92 Å². The maximum Gasteiger partial charge on any atom is 0.308 e. The van der Waals surface area contributed by atoms with Gasteiger partial charge in [0.1, 0.15) is 11.5 Å². The number of hydrogen-bond acceptors (Lipinski definition) is 3. The fourth-order valence-corrected chi connectivity index (χ4v) is 5.55. The molecule has 0 aliphatic heterocycles. The molecule has 1 N–H and O–H groups in total. The van der Waals surface area contributed by atoms with Crippen LogP contribution in [0.15, 0.2) is 29.8 Å². The fraction of sp³-hybridized carbons (Fsp3) is 0.609. The van der Waals surface area contributed by atoms with Crippen molar-refractivity contribution in [3.05, 3.63) is 35.4 Å². The largest absolute Gasteiger partial charge is 0.508 e. The fourth-order valence-electron chi connectivity index (χ4n) is 5.55. The highest BCUT2D eigenvalue weighted by Gasteiger charge is 2.53. The molecule has 26 heavy (non-hydrogen) atoms. The van der Waals surface area contributed by atoms with E-state index in [1.165, 1.54) is 31.8 Å². The van der Waals surface area contributed by atoms with Gasteiger partial charge in [-0.2, -0.15) is 0 Å². The van der Waals surface area contributed by atoms with E-state index >= 15 is 0 Å². The number of carbonyl (C=O) groups excluding carboxylic acids is 1. The Morgan fingerprint density at radius 2 is 2.04 bits per heavy atom. The summed E-state index contributed by atoms with van der Waals surface area (Å²) < 4.78 is 5.24. The van der Waals surface area contributed by atoms with E-state index in [0.29, 0.717) is 23.3 Å². The van der Waals surface area contributed by atoms with Crippen LogP contribution in [0.5, 0.6) is 11.5 Å². The van der Waals surface area contributed by atoms with Gasteiger partial charge in [0.15, 0.2) is 0 Å². The van der Waals surface area contributed by atoms with Crippen molar-refractivity contribution in [3.8, 4) is 11.5 Å². The summed E-state index contributed by atoms with van der Waals surface area (Å²) in [5.41, 5.74) is 2.77. The molecule has 2 aliphatic rings. The molecule has 0 unspecified atom stereocenters. The smallest absolute Gasteiger partial charge is 0.308 e. The summed E-state index contributed by atoms with van der Waals surface area (Å²) in [5, 5.41) is 10.5. The minimum atomic E-state index is -0.334. The van der Waals surface area contributed by atoms with E-state index in [-0.39, 0.29) is 16.8 Å². The quantitative estimate of drug-likeness (QED) is 0.432. The Morgan fingerprint density at radius 3 is 2.73 bits per heavy atom. The van der Waals surface area contributed by atoms with Crippen molar-refractivity contribution in [2.24, 2.45) is 22.7 Å². The van der Waals surface area contributed by atoms with Crippen molar-refractivity contribution in [3.63, 3.8) is 0 Å². The van der Waals surface area contributed by atoms with Crippen LogP contribution in [-0.2, 0) is 11.2 Å². The van der Waals surface area contributed by atoms with Crippen LogP contribution < -0.4 is 4.74 Å². The third-order valence-electron chi connectivity index (χ3n) is 7.48. The molecular formula is C23H32O3. The van der Waals surface area contributed by atoms with Gasteiger partial charge in [-0.3, -0.25) is 4.79 Å². The highest BCUT2D eigenvalue weighted by Crippen LogP contribution is 2.61. The first kappa shape index (κ1) is 19.0. The average molecular weight is 357 g/mol. The Balaban J connectivity index is 1.97. The van der Waals surface area contributed by atoms with E-state index in [1.807, 2.05) is 6.07 Å². The molecule has 142 valence electrons. The lowest BCUT2D eigenvalue weighted by atomic mass is 9.47. The van der Waals surface area contributed by atoms with Crippen LogP contribution in [0.3, 0.4) is 0 Å². The number of benzene rings is 1. The summed E-state index contributed by atoms with van der Waals surface area (Å²) in [4.78, 5) is 11.3. The summed E-state index contributed by atoms with van der Waals surface area (Å²) in [6, 6.07) is 5.15. The van der Waals surface area contributed by atoms with Crippen LogP contribution in [0.2, 0.25) is 0 Å². The lowest BCUT2D eigenvalue weighted by Crippen LogP contribution is -2.50. The van der Waals surface area contributed by atoms with E-state index < -0.39 is 0 Å². The standard InChI is InChI=1S/C23H32O3/c1-15-7-6-8-21-22(15,4)12-11-16(2)23(21,5)14-18-13-19(26-17(3)24)9-10-20(18)25/h7,9-10,13,16,21,25H,6,8,11-12,14H2,1-5H3/t16-,21+,22+,23+/m0/s1. The lowest BCUT2D eigenvalue weighted by molar-refractivity contribution is -0.131. The van der Waals surface area contributed by atoms with Crippen molar-refractivity contribution in [1.29, 1.82) is 0 Å². The predicted molar refractivity (Wildman–Crippen MR) is 104 cm³/mol. The average Bonchev–Trinajstić information content (AvgIpc) is 2.56. The number of carbonyl (C=O) groups is 1. The molecule has 0 aromatic heterocycles. The number of esters is 1. The Hall–Kier alpha value is -1.77. The summed E-state index contributed by atoms with van der Waals surface area (Å²) in [5.74, 6) is 1.66. The van der Waals surface area contributed by atoms with Crippen molar-refractivity contribution < 1.29 is 14.6 Å². The maximum absolute atomic E-state index is 11.3. The first-order valence-electron chi connectivity index (χ1n) is 9.84. The van der Waals surface area contributed by atoms with Crippen molar-refractivity contribution in [2.75, 3.05) is 0 Å². The highest BCUT2D eigenvalue weighted by molar-refractivity contribution is 5.69. The molecule has 1 aromatic rings. The summed E-state index contributed by atoms with van der Waals surface area (Å²) >= 11 is 0. The number of aromatic hydroxyl groups is 1. The summed E-state index contributed by atoms with van der Waals surface area (Å²) in [6.45, 7) is 10.9. The Kier molecular flexibility index (Phi) is 4.94. The minimum Gasteiger partial charge on any atom is -0.508 e. The van der Waals surface area contributed by atoms with Gasteiger partial charge in [0.05, 0.1) is 0 Å². The molecule has 4 atom stereocenters. The van der Waals surface area contributed by atoms with Crippen molar-refractivity contribution in [2.45, 2.75) is 66.7 Å². The van der Waals surface area contributed by atoms with Crippen molar-refractivity contribution >= 4 is 5.97 Å². The van der Waals surface area contributed by atoms with Gasteiger partial charge in [0.25, 0.3) is 0 Å². The third-order valence-corrected chi connectivity index (χ3v) is 7.48. The van der Waals surface area contributed by atoms with Gasteiger partial charge in [-0.25, -0.2) is 0 Å². The van der Waals surface area contributed by atoms with Crippen LogP contribution in [0.4, 0.5) is 0 Å². The molecule has 2 aliphatic carbocycles. The molecule has 1 fully saturated rings. The highest BCUT2D eigenvalue weighted by atomic mass is 16.5. The van der Waals surface area contributed by atoms with Crippen LogP contribution in [0.1, 0.15) is 65.9 Å². The van der Waals surface area contributed by atoms with E-state index in [2.05, 4.69) is 33.8 Å². The molecule has 0 radical (unpaired) electrons. The number of hydrogen-bond donors (Lipinski definition) is 1. The van der Waals surface area contributed by atoms with E-state index in [0.717, 1.165) is 18.4 Å². The molecule has 0 amide bonds. The Bertz CT molecular complexity index is 735. The van der Waals surface area contributed by atoms with Gasteiger partial charge < -0.3 is 9.84 Å². The van der Waals surface area contributed by atoms with Gasteiger partial charge in [-0.05, 0) is 85.5 Å². The zero-order valence-corrected chi connectivity index (χ0v) is 16.8. The predicted octanol–water partition coefficient (Wildman–Crippen LogP) is 5.66. The minimum absolute atomic E-state index is 0.106. The van der Waals surface area contributed by atoms with E-state index in [9.17, 15) is 9.90 Å². The molecule has 0 bridgehead atoms. The molecule has 3 rings (SSSR count). The second-order valence-corrected chi connectivity index (χ2v) is 8.94. The number of phenolic OH excluding ortho intramolecular Hbond substituents is 1. The SMILES string of the molecule is CC(=O)Oc1ccc(O)c(C[C@]2(C)[C@@H](C)CC[C@]3(C)C(C)=CCC[C@@H]23)c1. The molecule has 3 heteroatoms. The van der Waals surface area contributed by atoms with Crippen molar-refractivity contribution in [1.82, 2.24) is 0 Å². The molecule has 1 aromatic carbocycles. The molecular weight excluding hydrogens is 324 g/mol. The van der Waals surface area contributed by atoms with E-state index in [4.69, 9.17) is 4.74 Å². The Labute approximate surface area is 157 Å². The van der Waals surface area contributed by atoms with E-state index in [1.54, 1.807) is 12.1 Å². The normalized spacial score (nSPS) is 34.0. The molecule has 0 saturated heterocycles. The summed E-state index contributed by atoms with van der Waals surface area (Å²) in [6.07, 6.45) is 8.04. The number of rotatable bonds is 3. The number of phenols is 1. The molecule has 3 nitrogen and oxygen atoms in total. The first-order chi connectivity index (χ1) is 12.2. The number of ether oxygens (including phenoxy) is 1. The second-order valence-electron chi connectivity index (χ2n) is 8.94. The zero-order chi connectivity index (χ0) is 19.1. The van der Waals surface area contributed by atoms with Gasteiger partial charge in [-0.15, -0.1) is 0 Å². The Morgan fingerprint density at radius 1 is 1.31 bits per heavy atom.